The molecule has 0 radical (unpaired) electrons. The second-order valence-electron chi connectivity index (χ2n) is 12.5. The number of hydrogen-bond donors (Lipinski definition) is 8. The van der Waals surface area contributed by atoms with E-state index in [9.17, 15) is 48.3 Å². The molecule has 0 unspecified atom stereocenters. The maximum Gasteiger partial charge on any atom is 0.512 e. The van der Waals surface area contributed by atoms with Crippen LogP contribution in [-0.4, -0.2) is 110 Å². The number of nitrogens with two attached hydrogens (primary N) is 1. The Hall–Kier alpha value is -6.35. The number of oxime groups is 1. The van der Waals surface area contributed by atoms with Gasteiger partial charge in [0.2, 0.25) is 15.9 Å². The van der Waals surface area contributed by atoms with E-state index in [-0.39, 0.29) is 75.1 Å². The van der Waals surface area contributed by atoms with Crippen LogP contribution >= 0.6 is 34.9 Å². The molecule has 5 aromatic rings. The molecule has 59 heavy (non-hydrogen) atoms. The number of carboxylic acid groups (broad SMARTS) is 1. The number of ether oxygens (including phenoxy) is 1. The quantitative estimate of drug-likeness (QED) is 0.0150. The number of fused-ring (bicyclic) bond motifs is 2. The van der Waals surface area contributed by atoms with Crippen molar-refractivity contribution < 1.29 is 57.9 Å². The Morgan fingerprint density at radius 3 is 2.49 bits per heavy atom. The summed E-state index contributed by atoms with van der Waals surface area (Å²) < 4.78 is 34.4. The number of sulfonamides is 1. The summed E-state index contributed by atoms with van der Waals surface area (Å²) in [6, 6.07) is 7.57. The molecule has 2 aliphatic rings. The van der Waals surface area contributed by atoms with E-state index in [4.69, 9.17) is 15.3 Å². The number of rotatable bonds is 14. The van der Waals surface area contributed by atoms with E-state index in [2.05, 4.69) is 35.2 Å². The molecule has 308 valence electrons. The van der Waals surface area contributed by atoms with Gasteiger partial charge in [-0.25, -0.2) is 27.9 Å². The zero-order chi connectivity index (χ0) is 42.2. The van der Waals surface area contributed by atoms with Crippen LogP contribution in [0.25, 0.3) is 5.78 Å². The number of aromatic nitrogens is 5. The molecule has 1 fully saturated rings. The van der Waals surface area contributed by atoms with Gasteiger partial charge in [0.05, 0.1) is 11.4 Å². The van der Waals surface area contributed by atoms with Crippen molar-refractivity contribution in [2.75, 3.05) is 17.2 Å². The van der Waals surface area contributed by atoms with Crippen molar-refractivity contribution in [1.82, 2.24) is 39.5 Å². The summed E-state index contributed by atoms with van der Waals surface area (Å²) in [5.41, 5.74) is 6.92. The van der Waals surface area contributed by atoms with Crippen LogP contribution in [0.3, 0.4) is 0 Å². The van der Waals surface area contributed by atoms with Gasteiger partial charge in [0.15, 0.2) is 39.7 Å². The molecule has 0 saturated carbocycles. The molecule has 22 nitrogen and oxygen atoms in total. The molecular formula is C33H30N10O12S4. The molecule has 2 aromatic carbocycles. The van der Waals surface area contributed by atoms with Crippen LogP contribution in [0.2, 0.25) is 0 Å². The van der Waals surface area contributed by atoms with Gasteiger partial charge >= 0.3 is 6.16 Å². The Morgan fingerprint density at radius 1 is 1.05 bits per heavy atom. The molecule has 7 rings (SSSR count). The van der Waals surface area contributed by atoms with Crippen LogP contribution < -0.4 is 15.8 Å². The van der Waals surface area contributed by atoms with Crippen molar-refractivity contribution >= 4 is 79.5 Å². The number of carbonyl (C=O) groups excluding carboxylic acids is 2. The van der Waals surface area contributed by atoms with Gasteiger partial charge in [0, 0.05) is 34.2 Å². The van der Waals surface area contributed by atoms with Crippen molar-refractivity contribution in [2.45, 2.75) is 41.4 Å². The highest BCUT2D eigenvalue weighted by Gasteiger charge is 2.54. The number of carbonyl (C=O) groups is 3. The van der Waals surface area contributed by atoms with E-state index in [1.54, 1.807) is 13.0 Å². The molecule has 0 bridgehead atoms. The van der Waals surface area contributed by atoms with Gasteiger partial charge in [-0.3, -0.25) is 14.5 Å². The average molecular weight is 887 g/mol. The largest absolute Gasteiger partial charge is 0.512 e. The number of β-lactam (4-membered cyclic amide) rings is 1. The number of thiazole rings is 1. The lowest BCUT2D eigenvalue weighted by Crippen LogP contribution is -2.70. The Kier molecular flexibility index (Phi) is 11.4. The van der Waals surface area contributed by atoms with E-state index in [0.717, 1.165) is 34.4 Å². The first kappa shape index (κ1) is 40.8. The molecular weight excluding hydrogens is 857 g/mol. The van der Waals surface area contributed by atoms with Gasteiger partial charge in [-0.15, -0.1) is 40.0 Å². The fraction of sp³-hybridized carbons (Fsp3) is 0.212. The summed E-state index contributed by atoms with van der Waals surface area (Å²) in [4.78, 5) is 57.9. The number of benzene rings is 2. The Balaban J connectivity index is 1.05. The third-order valence-corrected chi connectivity index (χ3v) is 12.9. The fourth-order valence-electron chi connectivity index (χ4n) is 5.60. The molecule has 2 atom stereocenters. The Labute approximate surface area is 344 Å². The SMILES string of the molecule is Cc1cc(SCC2=C(OC(=O)O)N3C(=O)[C@@H](NC(=O)/C(=N\OCc4ccc(O)c(O)c4)c4csc(N)n4)[C@H]3SC2)n2nc(CNS(=O)(=O)c3ccc(O)c(O)c3)nc2n1. The number of hydrogen-bond acceptors (Lipinski definition) is 20. The lowest BCUT2D eigenvalue weighted by molar-refractivity contribution is -0.148. The normalized spacial score (nSPS) is 16.8. The number of anilines is 1. The number of thioether (sulfide) groups is 2. The fourth-order valence-corrected chi connectivity index (χ4v) is 9.64. The van der Waals surface area contributed by atoms with Crippen molar-refractivity contribution in [3.05, 3.63) is 82.1 Å². The molecule has 1 saturated heterocycles. The van der Waals surface area contributed by atoms with E-state index in [0.29, 0.717) is 21.9 Å². The smallest absolute Gasteiger partial charge is 0.504 e. The van der Waals surface area contributed by atoms with E-state index >= 15 is 0 Å². The molecule has 2 amide bonds. The number of amides is 2. The van der Waals surface area contributed by atoms with Gasteiger partial charge in [-0.05, 0) is 42.8 Å². The average Bonchev–Trinajstić information content (AvgIpc) is 3.81. The third kappa shape index (κ3) is 8.75. The van der Waals surface area contributed by atoms with Gasteiger partial charge in [-0.1, -0.05) is 11.2 Å². The van der Waals surface area contributed by atoms with E-state index < -0.39 is 50.9 Å². The minimum Gasteiger partial charge on any atom is -0.504 e. The van der Waals surface area contributed by atoms with Crippen LogP contribution in [0.1, 0.15) is 22.8 Å². The van der Waals surface area contributed by atoms with Crippen LogP contribution in [0.15, 0.2) is 74.4 Å². The monoisotopic (exact) mass is 886 g/mol. The lowest BCUT2D eigenvalue weighted by Gasteiger charge is -2.49. The summed E-state index contributed by atoms with van der Waals surface area (Å²) in [6.45, 7) is 1.14. The molecule has 2 aliphatic heterocycles. The number of aryl methyl sites for hydroxylation is 1. The number of nitrogens with one attached hydrogen (secondary N) is 2. The second kappa shape index (κ2) is 16.5. The maximum absolute atomic E-state index is 13.6. The summed E-state index contributed by atoms with van der Waals surface area (Å²) in [7, 11) is -4.14. The minimum atomic E-state index is -4.14. The lowest BCUT2D eigenvalue weighted by atomic mass is 10.1. The van der Waals surface area contributed by atoms with Gasteiger partial charge in [-0.2, -0.15) is 9.50 Å². The summed E-state index contributed by atoms with van der Waals surface area (Å²) in [6.07, 6.45) is -1.67. The zero-order valence-corrected chi connectivity index (χ0v) is 33.3. The topological polar surface area (TPSA) is 327 Å². The standard InChI is InChI=1S/C33H30N10O12S4/c1-14-6-24(43-32(36-14)38-23(40-43)9-35-59(52,53)17-3-5-20(45)22(47)8-17)56-11-16-12-57-30-26(28(49)42(30)29(16)55-33(50)51)39-27(48)25(18-13-58-31(34)37-18)41-54-10-15-2-4-19(44)21(46)7-15/h2-8,13,26,30,35,44-47H,9-12H2,1H3,(H2,34,37)(H,39,48)(H,50,51)/b41-25-/t26-,30-/m1/s1. The second-order valence-corrected chi connectivity index (χ2v) is 17.2. The van der Waals surface area contributed by atoms with Gasteiger partial charge < -0.3 is 46.2 Å². The van der Waals surface area contributed by atoms with Crippen molar-refractivity contribution in [2.24, 2.45) is 5.16 Å². The summed E-state index contributed by atoms with van der Waals surface area (Å²) in [5, 5.41) is 60.5. The number of phenols is 4. The van der Waals surface area contributed by atoms with Crippen molar-refractivity contribution in [3.8, 4) is 23.0 Å². The van der Waals surface area contributed by atoms with Crippen LogP contribution in [-0.2, 0) is 42.3 Å². The molecule has 26 heteroatoms. The number of phenolic OH excluding ortho intramolecular Hbond substituents is 4. The number of nitrogen functional groups attached to an aromatic ring is 1. The molecule has 0 spiro atoms. The molecule has 3 aromatic heterocycles. The first-order valence-corrected chi connectivity index (χ1v) is 21.2. The number of aromatic hydroxyl groups is 4. The predicted octanol–water partition coefficient (Wildman–Crippen LogP) is 1.79. The van der Waals surface area contributed by atoms with Crippen LogP contribution in [0.5, 0.6) is 23.0 Å². The Bertz CT molecular complexity index is 2690. The van der Waals surface area contributed by atoms with Crippen molar-refractivity contribution in [3.63, 3.8) is 0 Å². The predicted molar refractivity (Wildman–Crippen MR) is 209 cm³/mol. The zero-order valence-electron chi connectivity index (χ0n) is 30.0. The molecule has 9 N–H and O–H groups in total. The third-order valence-electron chi connectivity index (χ3n) is 8.39. The van der Waals surface area contributed by atoms with Crippen LogP contribution in [0.4, 0.5) is 9.93 Å². The highest BCUT2D eigenvalue weighted by molar-refractivity contribution is 8.01. The Morgan fingerprint density at radius 2 is 1.80 bits per heavy atom. The summed E-state index contributed by atoms with van der Waals surface area (Å²) in [5.74, 6) is -3.06. The first-order valence-electron chi connectivity index (χ1n) is 16.8. The van der Waals surface area contributed by atoms with Crippen molar-refractivity contribution in [1.29, 1.82) is 0 Å². The minimum absolute atomic E-state index is 0.0524. The molecule has 5 heterocycles. The van der Waals surface area contributed by atoms with Crippen LogP contribution in [0, 0.1) is 6.92 Å². The van der Waals surface area contributed by atoms with Gasteiger partial charge in [0.1, 0.15) is 28.7 Å². The maximum atomic E-state index is 13.6. The first-order chi connectivity index (χ1) is 28.1. The highest BCUT2D eigenvalue weighted by Crippen LogP contribution is 2.42. The molecule has 0 aliphatic carbocycles. The van der Waals surface area contributed by atoms with E-state index in [1.807, 2.05) is 0 Å². The summed E-state index contributed by atoms with van der Waals surface area (Å²) >= 11 is 3.48. The number of nitrogens with zero attached hydrogens (tertiary/aromatic N) is 7. The van der Waals surface area contributed by atoms with E-state index in [1.165, 1.54) is 51.6 Å². The van der Waals surface area contributed by atoms with Gasteiger partial charge in [0.25, 0.3) is 17.6 Å². The highest BCUT2D eigenvalue weighted by atomic mass is 32.2.